The Bertz CT molecular complexity index is 183. The fourth-order valence-electron chi connectivity index (χ4n) is 1.31. The van der Waals surface area contributed by atoms with E-state index in [4.69, 9.17) is 15.5 Å². The molecule has 15 heavy (non-hydrogen) atoms. The van der Waals surface area contributed by atoms with Crippen LogP contribution in [0.1, 0.15) is 44.9 Å². The summed E-state index contributed by atoms with van der Waals surface area (Å²) in [5, 5.41) is 0. The van der Waals surface area contributed by atoms with Gasteiger partial charge in [0.15, 0.2) is 0 Å². The van der Waals surface area contributed by atoms with E-state index in [2.05, 4.69) is 4.52 Å². The highest BCUT2D eigenvalue weighted by Crippen LogP contribution is 2.35. The molecule has 0 spiro atoms. The monoisotopic (exact) mass is 239 g/mol. The summed E-state index contributed by atoms with van der Waals surface area (Å²) >= 11 is 0. The molecule has 0 aromatic heterocycles. The Morgan fingerprint density at radius 3 is 1.87 bits per heavy atom. The second kappa shape index (κ2) is 9.31. The predicted molar refractivity (Wildman–Crippen MR) is 59.4 cm³/mol. The van der Waals surface area contributed by atoms with Crippen LogP contribution in [0.15, 0.2) is 0 Å². The quantitative estimate of drug-likeness (QED) is 0.399. The average Bonchev–Trinajstić information content (AvgIpc) is 2.14. The van der Waals surface area contributed by atoms with Gasteiger partial charge in [-0.15, -0.1) is 0 Å². The highest BCUT2D eigenvalue weighted by atomic mass is 31.2. The van der Waals surface area contributed by atoms with Gasteiger partial charge in [0, 0.05) is 0 Å². The Kier molecular flexibility index (Phi) is 9.35. The molecule has 0 aliphatic carbocycles. The Labute approximate surface area is 91.3 Å². The molecule has 0 aromatic carbocycles. The van der Waals surface area contributed by atoms with Crippen molar-refractivity contribution in [2.45, 2.75) is 44.9 Å². The lowest BCUT2D eigenvalue weighted by Gasteiger charge is -2.04. The molecule has 0 rings (SSSR count). The molecule has 0 saturated carbocycles. The molecule has 92 valence electrons. The summed E-state index contributed by atoms with van der Waals surface area (Å²) in [5.74, 6) is 0. The smallest absolute Gasteiger partial charge is 0.330 e. The first-order valence-electron chi connectivity index (χ1n) is 5.46. The number of nitrogens with two attached hydrogens (primary N) is 1. The van der Waals surface area contributed by atoms with Gasteiger partial charge in [0.25, 0.3) is 0 Å². The van der Waals surface area contributed by atoms with Crippen molar-refractivity contribution >= 4 is 7.82 Å². The van der Waals surface area contributed by atoms with Crippen LogP contribution in [0, 0.1) is 0 Å². The summed E-state index contributed by atoms with van der Waals surface area (Å²) < 4.78 is 14.6. The molecule has 0 aliphatic heterocycles. The van der Waals surface area contributed by atoms with Crippen molar-refractivity contribution in [1.29, 1.82) is 0 Å². The molecule has 0 fully saturated rings. The highest BCUT2D eigenvalue weighted by Gasteiger charge is 2.12. The molecule has 0 bridgehead atoms. The van der Waals surface area contributed by atoms with Crippen molar-refractivity contribution in [3.63, 3.8) is 0 Å². The zero-order valence-corrected chi connectivity index (χ0v) is 9.99. The van der Waals surface area contributed by atoms with E-state index in [1.807, 2.05) is 0 Å². The zero-order valence-electron chi connectivity index (χ0n) is 9.10. The van der Waals surface area contributed by atoms with Crippen LogP contribution >= 0.6 is 7.82 Å². The fourth-order valence-corrected chi connectivity index (χ4v) is 1.68. The minimum absolute atomic E-state index is 0.146. The summed E-state index contributed by atoms with van der Waals surface area (Å²) in [4.78, 5) is 16.8. The molecule has 0 atom stereocenters. The minimum Gasteiger partial charge on any atom is -0.330 e. The van der Waals surface area contributed by atoms with E-state index < -0.39 is 7.82 Å². The van der Waals surface area contributed by atoms with Gasteiger partial charge in [-0.3, -0.25) is 4.52 Å². The number of rotatable bonds is 10. The van der Waals surface area contributed by atoms with Crippen molar-refractivity contribution < 1.29 is 18.9 Å². The van der Waals surface area contributed by atoms with Crippen LogP contribution in [0.25, 0.3) is 0 Å². The normalized spacial score (nSPS) is 11.9. The third-order valence-electron chi connectivity index (χ3n) is 2.11. The maximum Gasteiger partial charge on any atom is 0.469 e. The Hall–Kier alpha value is 0.0700. The maximum absolute atomic E-state index is 10.3. The van der Waals surface area contributed by atoms with Gasteiger partial charge >= 0.3 is 7.82 Å². The van der Waals surface area contributed by atoms with Crippen LogP contribution in [0.3, 0.4) is 0 Å². The summed E-state index contributed by atoms with van der Waals surface area (Å²) in [6, 6.07) is 0. The number of phosphoric ester groups is 1. The molecular weight excluding hydrogens is 217 g/mol. The number of phosphoric acid groups is 1. The Balaban J connectivity index is 3.02. The molecular formula is C9H22NO4P. The first-order chi connectivity index (χ1) is 7.06. The van der Waals surface area contributed by atoms with Gasteiger partial charge < -0.3 is 15.5 Å². The Morgan fingerprint density at radius 1 is 0.933 bits per heavy atom. The van der Waals surface area contributed by atoms with Gasteiger partial charge in [-0.25, -0.2) is 4.57 Å². The summed E-state index contributed by atoms with van der Waals surface area (Å²) in [6.45, 7) is 0.906. The van der Waals surface area contributed by atoms with Crippen LogP contribution in [0.4, 0.5) is 0 Å². The standard InChI is InChI=1S/C9H22NO4P/c10-8-6-4-2-1-3-5-7-9-14-15(11,12)13/h1-10H2,(H2,11,12,13). The molecule has 0 saturated heterocycles. The summed E-state index contributed by atoms with van der Waals surface area (Å²) in [6.07, 6.45) is 7.38. The highest BCUT2D eigenvalue weighted by molar-refractivity contribution is 7.46. The lowest BCUT2D eigenvalue weighted by atomic mass is 10.1. The number of hydrogen-bond donors (Lipinski definition) is 3. The second-order valence-corrected chi connectivity index (χ2v) is 4.83. The van der Waals surface area contributed by atoms with E-state index in [0.717, 1.165) is 32.2 Å². The van der Waals surface area contributed by atoms with Crippen LogP contribution in [-0.2, 0) is 9.09 Å². The Morgan fingerprint density at radius 2 is 1.40 bits per heavy atom. The third-order valence-corrected chi connectivity index (χ3v) is 2.63. The largest absolute Gasteiger partial charge is 0.469 e. The maximum atomic E-state index is 10.3. The lowest BCUT2D eigenvalue weighted by molar-refractivity contribution is 0.193. The number of unbranched alkanes of at least 4 members (excludes halogenated alkanes) is 6. The molecule has 0 radical (unpaired) electrons. The van der Waals surface area contributed by atoms with Crippen molar-refractivity contribution in [3.05, 3.63) is 0 Å². The second-order valence-electron chi connectivity index (χ2n) is 3.59. The van der Waals surface area contributed by atoms with Crippen LogP contribution in [0.5, 0.6) is 0 Å². The van der Waals surface area contributed by atoms with Crippen LogP contribution in [0.2, 0.25) is 0 Å². The van der Waals surface area contributed by atoms with Crippen LogP contribution < -0.4 is 5.73 Å². The average molecular weight is 239 g/mol. The van der Waals surface area contributed by atoms with Gasteiger partial charge in [0.1, 0.15) is 0 Å². The van der Waals surface area contributed by atoms with E-state index >= 15 is 0 Å². The SMILES string of the molecule is NCCCCCCCCCOP(=O)(O)O. The molecule has 0 unspecified atom stereocenters. The first kappa shape index (κ1) is 15.1. The lowest BCUT2D eigenvalue weighted by Crippen LogP contribution is -1.97. The summed E-state index contributed by atoms with van der Waals surface area (Å²) in [7, 11) is -4.25. The van der Waals surface area contributed by atoms with E-state index in [1.165, 1.54) is 12.8 Å². The van der Waals surface area contributed by atoms with Gasteiger partial charge in [0.05, 0.1) is 6.61 Å². The van der Waals surface area contributed by atoms with E-state index in [-0.39, 0.29) is 6.61 Å². The van der Waals surface area contributed by atoms with Gasteiger partial charge in [0.2, 0.25) is 0 Å². The third kappa shape index (κ3) is 14.1. The van der Waals surface area contributed by atoms with E-state index in [0.29, 0.717) is 6.42 Å². The zero-order chi connectivity index (χ0) is 11.6. The van der Waals surface area contributed by atoms with Crippen molar-refractivity contribution in [2.24, 2.45) is 5.73 Å². The van der Waals surface area contributed by atoms with Crippen molar-refractivity contribution in [3.8, 4) is 0 Å². The minimum atomic E-state index is -4.25. The topological polar surface area (TPSA) is 92.8 Å². The number of hydrogen-bond acceptors (Lipinski definition) is 3. The predicted octanol–water partition coefficient (Wildman–Crippen LogP) is 1.79. The molecule has 0 heterocycles. The molecule has 5 nitrogen and oxygen atoms in total. The molecule has 0 aromatic rings. The van der Waals surface area contributed by atoms with E-state index in [1.54, 1.807) is 0 Å². The molecule has 4 N–H and O–H groups in total. The van der Waals surface area contributed by atoms with E-state index in [9.17, 15) is 4.57 Å². The first-order valence-corrected chi connectivity index (χ1v) is 6.99. The van der Waals surface area contributed by atoms with Crippen LogP contribution in [-0.4, -0.2) is 22.9 Å². The van der Waals surface area contributed by atoms with Crippen molar-refractivity contribution in [1.82, 2.24) is 0 Å². The van der Waals surface area contributed by atoms with Gasteiger partial charge in [-0.05, 0) is 19.4 Å². The molecule has 0 aliphatic rings. The van der Waals surface area contributed by atoms with Gasteiger partial charge in [-0.1, -0.05) is 32.1 Å². The fraction of sp³-hybridized carbons (Fsp3) is 1.00. The molecule has 6 heteroatoms. The summed E-state index contributed by atoms with van der Waals surface area (Å²) in [5.41, 5.74) is 5.36. The van der Waals surface area contributed by atoms with Gasteiger partial charge in [-0.2, -0.15) is 0 Å². The van der Waals surface area contributed by atoms with Crippen molar-refractivity contribution in [2.75, 3.05) is 13.2 Å². The molecule has 0 amide bonds.